The van der Waals surface area contributed by atoms with Gasteiger partial charge < -0.3 is 37.9 Å². The molecule has 0 spiro atoms. The van der Waals surface area contributed by atoms with Crippen molar-refractivity contribution < 1.29 is 57.1 Å². The van der Waals surface area contributed by atoms with Crippen LogP contribution in [0.2, 0.25) is 0 Å². The van der Waals surface area contributed by atoms with Crippen LogP contribution in [0.3, 0.4) is 0 Å². The van der Waals surface area contributed by atoms with Crippen molar-refractivity contribution in [2.45, 2.75) is 187 Å². The quantitative estimate of drug-likeness (QED) is 0.0204. The average molecular weight is 1240 g/mol. The Labute approximate surface area is 541 Å². The first-order valence-corrected chi connectivity index (χ1v) is 33.6. The lowest BCUT2D eigenvalue weighted by atomic mass is 10.0. The highest BCUT2D eigenvalue weighted by molar-refractivity contribution is 5.98. The van der Waals surface area contributed by atoms with Gasteiger partial charge in [0.25, 0.3) is 0 Å². The topological polar surface area (TPSA) is 142 Å². The molecule has 0 bridgehead atoms. The van der Waals surface area contributed by atoms with Crippen LogP contribution < -0.4 is 37.9 Å². The number of methoxy groups -OCH3 is 2. The maximum Gasteiger partial charge on any atom is 0.343 e. The zero-order valence-corrected chi connectivity index (χ0v) is 54.4. The number of rotatable bonds is 43. The minimum Gasteiger partial charge on any atom is -0.497 e. The summed E-state index contributed by atoms with van der Waals surface area (Å²) >= 11 is 0. The van der Waals surface area contributed by atoms with E-state index in [9.17, 15) is 19.2 Å². The molecule has 0 amide bonds. The van der Waals surface area contributed by atoms with Gasteiger partial charge >= 0.3 is 23.9 Å². The van der Waals surface area contributed by atoms with Gasteiger partial charge in [0.1, 0.15) is 46.0 Å². The molecule has 0 aromatic heterocycles. The third-order valence-corrected chi connectivity index (χ3v) is 16.2. The monoisotopic (exact) mass is 1240 g/mol. The highest BCUT2D eigenvalue weighted by Gasteiger charge is 2.20. The van der Waals surface area contributed by atoms with E-state index in [0.29, 0.717) is 24.7 Å². The summed E-state index contributed by atoms with van der Waals surface area (Å²) in [4.78, 5) is 54.1. The number of hydrogen-bond acceptors (Lipinski definition) is 12. The van der Waals surface area contributed by atoms with Crippen molar-refractivity contribution in [3.05, 3.63) is 180 Å². The predicted molar refractivity (Wildman–Crippen MR) is 363 cm³/mol. The Kier molecular flexibility index (Phi) is 31.1. The van der Waals surface area contributed by atoms with Gasteiger partial charge in [-0.15, -0.1) is 0 Å². The van der Waals surface area contributed by atoms with Crippen LogP contribution in [0.15, 0.2) is 158 Å². The molecule has 91 heavy (non-hydrogen) atoms. The fraction of sp³-hybridized carbons (Fsp3) is 0.418. The molecule has 0 saturated heterocycles. The fourth-order valence-electron chi connectivity index (χ4n) is 10.9. The van der Waals surface area contributed by atoms with Gasteiger partial charge in [0.05, 0.1) is 49.7 Å². The minimum absolute atomic E-state index is 0.00286. The van der Waals surface area contributed by atoms with Gasteiger partial charge in [-0.2, -0.15) is 0 Å². The summed E-state index contributed by atoms with van der Waals surface area (Å²) in [5, 5.41) is 0. The van der Waals surface area contributed by atoms with Crippen molar-refractivity contribution in [1.29, 1.82) is 0 Å². The molecule has 0 aliphatic rings. The number of unbranched alkanes of at least 4 members (excludes halogenated alkanes) is 25. The van der Waals surface area contributed by atoms with Crippen LogP contribution in [0.1, 0.15) is 229 Å². The maximum absolute atomic E-state index is 13.6. The molecule has 7 rings (SSSR count). The Bertz CT molecular complexity index is 3260. The van der Waals surface area contributed by atoms with E-state index in [4.69, 9.17) is 37.9 Å². The normalized spacial score (nSPS) is 11.0. The first-order valence-electron chi connectivity index (χ1n) is 33.6. The van der Waals surface area contributed by atoms with Crippen molar-refractivity contribution in [3.8, 4) is 68.2 Å². The van der Waals surface area contributed by atoms with E-state index in [2.05, 4.69) is 13.8 Å². The van der Waals surface area contributed by atoms with Crippen LogP contribution >= 0.6 is 0 Å². The smallest absolute Gasteiger partial charge is 0.343 e. The average Bonchev–Trinajstić information content (AvgIpc) is 1.69. The lowest BCUT2D eigenvalue weighted by Gasteiger charge is -2.12. The first kappa shape index (κ1) is 70.1. The summed E-state index contributed by atoms with van der Waals surface area (Å²) in [6.07, 6.45) is 35.7. The van der Waals surface area contributed by atoms with E-state index in [1.807, 2.05) is 72.8 Å². The number of esters is 4. The molecular formula is C79H96O12. The Balaban J connectivity index is 0.812. The Hall–Kier alpha value is -8.38. The van der Waals surface area contributed by atoms with Gasteiger partial charge in [-0.1, -0.05) is 229 Å². The number of carbonyl (C=O) groups is 4. The summed E-state index contributed by atoms with van der Waals surface area (Å²) in [5.41, 5.74) is 4.04. The summed E-state index contributed by atoms with van der Waals surface area (Å²) in [5.74, 6) is -0.248. The van der Waals surface area contributed by atoms with Gasteiger partial charge in [-0.25, -0.2) is 19.2 Å². The van der Waals surface area contributed by atoms with Gasteiger partial charge in [-0.3, -0.25) is 0 Å². The van der Waals surface area contributed by atoms with E-state index in [1.54, 1.807) is 24.3 Å². The van der Waals surface area contributed by atoms with Crippen molar-refractivity contribution in [2.75, 3.05) is 27.4 Å². The molecule has 0 N–H and O–H groups in total. The SMILES string of the molecule is CCCCCCCCCCCCCCCCCCCCCOc1ccc(-c2ccc(OC(=O)c3cc(OC)cc(OC(=O)c4cccc(C(=O)Oc5cc(OC)cc(C(=O)Oc6ccc(-c7ccc(OCCCCCCCCCC)cc7)cc6)c5)c4)c3)cc2)cc1. The van der Waals surface area contributed by atoms with Gasteiger partial charge in [0.2, 0.25) is 0 Å². The van der Waals surface area contributed by atoms with Gasteiger partial charge in [0, 0.05) is 12.1 Å². The zero-order valence-electron chi connectivity index (χ0n) is 54.4. The van der Waals surface area contributed by atoms with Crippen LogP contribution in [0.25, 0.3) is 22.3 Å². The third-order valence-electron chi connectivity index (χ3n) is 16.2. The highest BCUT2D eigenvalue weighted by Crippen LogP contribution is 2.31. The standard InChI is InChI=1S/C79H96O12/c1-5-7-9-11-13-15-16-17-18-19-20-21-22-23-24-25-27-29-31-52-87-69-45-37-61(38-46-69)63-41-49-71(50-42-63)89-79(83)67-55-73(85-4)59-75(57-67)91-77(81)65-34-32-33-64(53-65)76(80)90-74-56-66(54-72(58-74)84-3)78(82)88-70-47-39-62(40-48-70)60-35-43-68(44-36-60)86-51-30-28-26-14-12-10-8-6-2/h32-50,53-59H,5-31,51-52H2,1-4H3. The second kappa shape index (κ2) is 40.4. The molecule has 12 nitrogen and oxygen atoms in total. The molecule has 7 aromatic rings. The zero-order chi connectivity index (χ0) is 64.1. The highest BCUT2D eigenvalue weighted by atomic mass is 16.6. The third kappa shape index (κ3) is 25.4. The second-order valence-electron chi connectivity index (χ2n) is 23.6. The lowest BCUT2D eigenvalue weighted by Crippen LogP contribution is -2.14. The Morgan fingerprint density at radius 1 is 0.253 bits per heavy atom. The Morgan fingerprint density at radius 3 is 0.802 bits per heavy atom. The molecule has 0 atom stereocenters. The molecule has 12 heteroatoms. The molecule has 0 fully saturated rings. The van der Waals surface area contributed by atoms with E-state index in [-0.39, 0.29) is 45.3 Å². The molecule has 484 valence electrons. The largest absolute Gasteiger partial charge is 0.497 e. The molecule has 7 aromatic carbocycles. The molecule has 0 saturated carbocycles. The lowest BCUT2D eigenvalue weighted by molar-refractivity contribution is 0.0709. The summed E-state index contributed by atoms with van der Waals surface area (Å²) < 4.78 is 45.8. The van der Waals surface area contributed by atoms with Crippen LogP contribution in [0.5, 0.6) is 46.0 Å². The molecule has 0 radical (unpaired) electrons. The molecule has 0 aliphatic carbocycles. The van der Waals surface area contributed by atoms with Gasteiger partial charge in [0.15, 0.2) is 0 Å². The molecule has 0 aliphatic heterocycles. The molecular weight excluding hydrogens is 1140 g/mol. The number of benzene rings is 7. The summed E-state index contributed by atoms with van der Waals surface area (Å²) in [7, 11) is 2.85. The van der Waals surface area contributed by atoms with Gasteiger partial charge in [-0.05, 0) is 126 Å². The van der Waals surface area contributed by atoms with Crippen LogP contribution in [-0.2, 0) is 0 Å². The van der Waals surface area contributed by atoms with E-state index in [1.165, 1.54) is 235 Å². The molecule has 0 unspecified atom stereocenters. The maximum atomic E-state index is 13.6. The number of hydrogen-bond donors (Lipinski definition) is 0. The van der Waals surface area contributed by atoms with E-state index < -0.39 is 23.9 Å². The van der Waals surface area contributed by atoms with E-state index >= 15 is 0 Å². The fourth-order valence-corrected chi connectivity index (χ4v) is 10.9. The van der Waals surface area contributed by atoms with Crippen LogP contribution in [0.4, 0.5) is 0 Å². The van der Waals surface area contributed by atoms with Crippen molar-refractivity contribution >= 4 is 23.9 Å². The Morgan fingerprint density at radius 2 is 0.505 bits per heavy atom. The van der Waals surface area contributed by atoms with E-state index in [0.717, 1.165) is 46.6 Å². The summed E-state index contributed by atoms with van der Waals surface area (Å²) in [6, 6.07) is 44.6. The van der Waals surface area contributed by atoms with Crippen LogP contribution in [0, 0.1) is 0 Å². The first-order chi connectivity index (χ1) is 44.6. The molecule has 0 heterocycles. The van der Waals surface area contributed by atoms with Crippen molar-refractivity contribution in [2.24, 2.45) is 0 Å². The predicted octanol–water partition coefficient (Wildman–Crippen LogP) is 21.2. The van der Waals surface area contributed by atoms with Crippen LogP contribution in [-0.4, -0.2) is 51.3 Å². The number of ether oxygens (including phenoxy) is 8. The van der Waals surface area contributed by atoms with Crippen molar-refractivity contribution in [1.82, 2.24) is 0 Å². The number of carbonyl (C=O) groups excluding carboxylic acids is 4. The summed E-state index contributed by atoms with van der Waals surface area (Å²) in [6.45, 7) is 5.92. The van der Waals surface area contributed by atoms with Crippen molar-refractivity contribution in [3.63, 3.8) is 0 Å². The minimum atomic E-state index is -0.820. The second-order valence-corrected chi connectivity index (χ2v) is 23.6.